The molecule has 0 amide bonds. The van der Waals surface area contributed by atoms with Crippen LogP contribution in [0.15, 0.2) is 18.3 Å². The molecule has 0 atom stereocenters. The highest BCUT2D eigenvalue weighted by molar-refractivity contribution is 6.10. The molecule has 1 aromatic carbocycles. The number of methoxy groups -OCH3 is 1. The zero-order valence-corrected chi connectivity index (χ0v) is 12.0. The number of carbonyl (C=O) groups is 1. The van der Waals surface area contributed by atoms with Crippen LogP contribution in [0.25, 0.3) is 10.9 Å². The number of aromatic amines is 1. The van der Waals surface area contributed by atoms with Gasteiger partial charge in [-0.05, 0) is 50.6 Å². The van der Waals surface area contributed by atoms with Gasteiger partial charge in [0.25, 0.3) is 0 Å². The van der Waals surface area contributed by atoms with Crippen LogP contribution in [0.1, 0.15) is 28.8 Å². The van der Waals surface area contributed by atoms with Gasteiger partial charge in [0.2, 0.25) is 0 Å². The van der Waals surface area contributed by atoms with Crippen molar-refractivity contribution in [3.05, 3.63) is 29.5 Å². The Labute approximate surface area is 118 Å². The van der Waals surface area contributed by atoms with Crippen LogP contribution >= 0.6 is 0 Å². The van der Waals surface area contributed by atoms with Crippen LogP contribution in [0.3, 0.4) is 0 Å². The summed E-state index contributed by atoms with van der Waals surface area (Å²) >= 11 is 0. The fraction of sp³-hybridized carbons (Fsp3) is 0.438. The van der Waals surface area contributed by atoms with Crippen LogP contribution in [-0.4, -0.2) is 31.0 Å². The van der Waals surface area contributed by atoms with Gasteiger partial charge in [-0.25, -0.2) is 0 Å². The molecular weight excluding hydrogens is 252 g/mol. The molecule has 1 aliphatic heterocycles. The van der Waals surface area contributed by atoms with Gasteiger partial charge in [-0.2, -0.15) is 0 Å². The normalized spacial score (nSPS) is 16.5. The maximum Gasteiger partial charge on any atom is 0.168 e. The molecular formula is C16H20N2O2. The molecule has 2 aromatic rings. The lowest BCUT2D eigenvalue weighted by Crippen LogP contribution is -2.31. The highest BCUT2D eigenvalue weighted by atomic mass is 16.5. The lowest BCUT2D eigenvalue weighted by Gasteiger charge is -2.21. The fourth-order valence-electron chi connectivity index (χ4n) is 3.01. The van der Waals surface area contributed by atoms with Crippen molar-refractivity contribution in [1.82, 2.24) is 10.3 Å². The van der Waals surface area contributed by atoms with Crippen LogP contribution in [0, 0.1) is 12.8 Å². The summed E-state index contributed by atoms with van der Waals surface area (Å²) in [6, 6.07) is 4.04. The molecule has 0 saturated carbocycles. The van der Waals surface area contributed by atoms with Crippen molar-refractivity contribution >= 4 is 16.7 Å². The first-order valence-electron chi connectivity index (χ1n) is 7.11. The number of rotatable bonds is 3. The van der Waals surface area contributed by atoms with Crippen molar-refractivity contribution in [3.63, 3.8) is 0 Å². The minimum absolute atomic E-state index is 0.141. The van der Waals surface area contributed by atoms with Gasteiger partial charge < -0.3 is 15.0 Å². The van der Waals surface area contributed by atoms with Gasteiger partial charge >= 0.3 is 0 Å². The number of nitrogens with one attached hydrogen (secondary N) is 2. The van der Waals surface area contributed by atoms with E-state index in [1.165, 1.54) is 0 Å². The number of hydrogen-bond acceptors (Lipinski definition) is 3. The topological polar surface area (TPSA) is 54.1 Å². The van der Waals surface area contributed by atoms with E-state index in [-0.39, 0.29) is 11.7 Å². The van der Waals surface area contributed by atoms with Gasteiger partial charge in [0.15, 0.2) is 5.78 Å². The maximum atomic E-state index is 12.7. The second-order valence-corrected chi connectivity index (χ2v) is 5.48. The van der Waals surface area contributed by atoms with E-state index in [4.69, 9.17) is 4.74 Å². The molecule has 2 N–H and O–H groups in total. The Kier molecular flexibility index (Phi) is 3.49. The average molecular weight is 272 g/mol. The van der Waals surface area contributed by atoms with Crippen LogP contribution in [0.5, 0.6) is 5.75 Å². The van der Waals surface area contributed by atoms with Gasteiger partial charge in [-0.3, -0.25) is 4.79 Å². The molecule has 1 aliphatic rings. The Morgan fingerprint density at radius 1 is 1.30 bits per heavy atom. The molecule has 1 aromatic heterocycles. The predicted molar refractivity (Wildman–Crippen MR) is 79.5 cm³/mol. The molecule has 0 aliphatic carbocycles. The first-order chi connectivity index (χ1) is 9.70. The van der Waals surface area contributed by atoms with Crippen LogP contribution in [0.2, 0.25) is 0 Å². The Morgan fingerprint density at radius 3 is 2.75 bits per heavy atom. The number of piperidine rings is 1. The van der Waals surface area contributed by atoms with Crippen molar-refractivity contribution < 1.29 is 9.53 Å². The molecule has 106 valence electrons. The number of benzene rings is 1. The van der Waals surface area contributed by atoms with Crippen LogP contribution < -0.4 is 10.1 Å². The minimum atomic E-state index is 0.141. The molecule has 0 bridgehead atoms. The number of ketones is 1. The summed E-state index contributed by atoms with van der Waals surface area (Å²) in [5.41, 5.74) is 2.82. The van der Waals surface area contributed by atoms with E-state index >= 15 is 0 Å². The van der Waals surface area contributed by atoms with E-state index in [9.17, 15) is 4.79 Å². The van der Waals surface area contributed by atoms with Crippen molar-refractivity contribution in [1.29, 1.82) is 0 Å². The lowest BCUT2D eigenvalue weighted by atomic mass is 9.89. The average Bonchev–Trinajstić information content (AvgIpc) is 2.90. The van der Waals surface area contributed by atoms with E-state index in [0.29, 0.717) is 0 Å². The van der Waals surface area contributed by atoms with Crippen molar-refractivity contribution in [2.45, 2.75) is 19.8 Å². The molecule has 1 saturated heterocycles. The van der Waals surface area contributed by atoms with E-state index in [2.05, 4.69) is 16.4 Å². The monoisotopic (exact) mass is 272 g/mol. The summed E-state index contributed by atoms with van der Waals surface area (Å²) in [6.07, 6.45) is 3.68. The second-order valence-electron chi connectivity index (χ2n) is 5.48. The third kappa shape index (κ3) is 2.20. The SMILES string of the molecule is COc1cc(C)cc2c(C(=O)C3CCNCC3)c[nH]c12. The lowest BCUT2D eigenvalue weighted by molar-refractivity contribution is 0.0897. The summed E-state index contributed by atoms with van der Waals surface area (Å²) in [6.45, 7) is 3.88. The number of H-pyrrole nitrogens is 1. The summed E-state index contributed by atoms with van der Waals surface area (Å²) in [4.78, 5) is 15.9. The second kappa shape index (κ2) is 5.29. The first kappa shape index (κ1) is 13.2. The molecule has 3 rings (SSSR count). The molecule has 0 unspecified atom stereocenters. The standard InChI is InChI=1S/C16H20N2O2/c1-10-7-12-13(9-18-15(12)14(8-10)20-2)16(19)11-3-5-17-6-4-11/h7-9,11,17-18H,3-6H2,1-2H3. The number of Topliss-reactive ketones (excluding diaryl/α,β-unsaturated/α-hetero) is 1. The van der Waals surface area contributed by atoms with Gasteiger partial charge in [0, 0.05) is 23.1 Å². The Balaban J connectivity index is 2.03. The number of hydrogen-bond donors (Lipinski definition) is 2. The number of aryl methyl sites for hydroxylation is 1. The van der Waals surface area contributed by atoms with E-state index in [0.717, 1.165) is 53.7 Å². The van der Waals surface area contributed by atoms with Gasteiger partial charge in [-0.15, -0.1) is 0 Å². The summed E-state index contributed by atoms with van der Waals surface area (Å²) < 4.78 is 5.39. The smallest absolute Gasteiger partial charge is 0.168 e. The molecule has 4 nitrogen and oxygen atoms in total. The molecule has 2 heterocycles. The molecule has 20 heavy (non-hydrogen) atoms. The number of carbonyl (C=O) groups excluding carboxylic acids is 1. The zero-order chi connectivity index (χ0) is 14.1. The van der Waals surface area contributed by atoms with Gasteiger partial charge in [0.1, 0.15) is 5.75 Å². The van der Waals surface area contributed by atoms with Crippen molar-refractivity contribution in [3.8, 4) is 5.75 Å². The summed E-state index contributed by atoms with van der Waals surface area (Å²) in [7, 11) is 1.66. The Morgan fingerprint density at radius 2 is 2.05 bits per heavy atom. The summed E-state index contributed by atoms with van der Waals surface area (Å²) in [5.74, 6) is 1.19. The Bertz CT molecular complexity index is 639. The minimum Gasteiger partial charge on any atom is -0.495 e. The van der Waals surface area contributed by atoms with Crippen LogP contribution in [-0.2, 0) is 0 Å². The maximum absolute atomic E-state index is 12.7. The predicted octanol–water partition coefficient (Wildman–Crippen LogP) is 2.67. The molecule has 0 radical (unpaired) electrons. The fourth-order valence-corrected chi connectivity index (χ4v) is 3.01. The van der Waals surface area contributed by atoms with Crippen molar-refractivity contribution in [2.24, 2.45) is 5.92 Å². The molecule has 1 fully saturated rings. The Hall–Kier alpha value is -1.81. The van der Waals surface area contributed by atoms with Gasteiger partial charge in [0.05, 0.1) is 12.6 Å². The third-order valence-corrected chi connectivity index (χ3v) is 4.09. The quantitative estimate of drug-likeness (QED) is 0.845. The third-order valence-electron chi connectivity index (χ3n) is 4.09. The summed E-state index contributed by atoms with van der Waals surface area (Å²) in [5, 5.41) is 4.28. The number of fused-ring (bicyclic) bond motifs is 1. The number of ether oxygens (including phenoxy) is 1. The molecule has 0 spiro atoms. The van der Waals surface area contributed by atoms with Gasteiger partial charge in [-0.1, -0.05) is 0 Å². The zero-order valence-electron chi connectivity index (χ0n) is 12.0. The van der Waals surface area contributed by atoms with Crippen molar-refractivity contribution in [2.75, 3.05) is 20.2 Å². The highest BCUT2D eigenvalue weighted by Crippen LogP contribution is 2.31. The van der Waals surface area contributed by atoms with E-state index in [1.54, 1.807) is 7.11 Å². The number of aromatic nitrogens is 1. The van der Waals surface area contributed by atoms with E-state index in [1.807, 2.05) is 19.2 Å². The first-order valence-corrected chi connectivity index (χ1v) is 7.11. The highest BCUT2D eigenvalue weighted by Gasteiger charge is 2.25. The van der Waals surface area contributed by atoms with E-state index < -0.39 is 0 Å². The van der Waals surface area contributed by atoms with Crippen LogP contribution in [0.4, 0.5) is 0 Å². The largest absolute Gasteiger partial charge is 0.495 e. The molecule has 4 heteroatoms.